The van der Waals surface area contributed by atoms with Crippen molar-refractivity contribution in [2.24, 2.45) is 5.92 Å². The van der Waals surface area contributed by atoms with Gasteiger partial charge in [-0.15, -0.1) is 0 Å². The van der Waals surface area contributed by atoms with Crippen LogP contribution in [-0.4, -0.2) is 25.2 Å². The number of hydrogen-bond donors (Lipinski definition) is 0. The lowest BCUT2D eigenvalue weighted by Gasteiger charge is -2.09. The van der Waals surface area contributed by atoms with Crippen molar-refractivity contribution in [2.75, 3.05) is 7.11 Å². The van der Waals surface area contributed by atoms with E-state index in [2.05, 4.69) is 4.74 Å². The van der Waals surface area contributed by atoms with E-state index in [0.717, 1.165) is 49.1 Å². The summed E-state index contributed by atoms with van der Waals surface area (Å²) in [6.07, 6.45) is 6.73. The molecule has 0 spiro atoms. The quantitative estimate of drug-likeness (QED) is 0.443. The molecule has 0 N–H and O–H groups in total. The van der Waals surface area contributed by atoms with Gasteiger partial charge in [0.05, 0.1) is 19.4 Å². The molecule has 2 rings (SSSR count). The zero-order valence-corrected chi connectivity index (χ0v) is 15.9. The van der Waals surface area contributed by atoms with Gasteiger partial charge in [0.15, 0.2) is 0 Å². The molecular formula is C19H24Cl2O4. The van der Waals surface area contributed by atoms with Crippen molar-refractivity contribution in [3.05, 3.63) is 33.8 Å². The van der Waals surface area contributed by atoms with Crippen molar-refractivity contribution in [3.63, 3.8) is 0 Å². The molecule has 138 valence electrons. The number of carbonyl (C=O) groups is 2. The van der Waals surface area contributed by atoms with Crippen LogP contribution >= 0.6 is 23.2 Å². The number of cyclic esters (lactones) is 1. The van der Waals surface area contributed by atoms with Crippen LogP contribution in [0, 0.1) is 5.92 Å². The van der Waals surface area contributed by atoms with Gasteiger partial charge in [-0.25, -0.2) is 0 Å². The zero-order chi connectivity index (χ0) is 18.2. The standard InChI is InChI=1S/C19H24Cl2O4/c1-24-18(22)11-14-10-16(25-19(14)23)7-5-3-2-4-6-13-8-9-15(20)12-17(13)21/h8-9,12,14,16H,2-7,10-11H2,1H3. The van der Waals surface area contributed by atoms with Crippen LogP contribution in [0.25, 0.3) is 0 Å². The smallest absolute Gasteiger partial charge is 0.309 e. The third-order valence-electron chi connectivity index (χ3n) is 4.54. The SMILES string of the molecule is COC(=O)CC1CC(CCCCCCc2ccc(Cl)cc2Cl)OC1=O. The Labute approximate surface area is 158 Å². The van der Waals surface area contributed by atoms with Crippen molar-refractivity contribution >= 4 is 35.1 Å². The molecule has 1 aromatic carbocycles. The number of unbranched alkanes of at least 4 members (excludes halogenated alkanes) is 3. The Bertz CT molecular complexity index is 603. The van der Waals surface area contributed by atoms with E-state index >= 15 is 0 Å². The summed E-state index contributed by atoms with van der Waals surface area (Å²) < 4.78 is 9.95. The largest absolute Gasteiger partial charge is 0.469 e. The summed E-state index contributed by atoms with van der Waals surface area (Å²) in [5, 5.41) is 1.38. The number of halogens is 2. The first-order valence-corrected chi connectivity index (χ1v) is 9.46. The summed E-state index contributed by atoms with van der Waals surface area (Å²) in [7, 11) is 1.33. The first kappa shape index (κ1) is 20.1. The molecular weight excluding hydrogens is 363 g/mol. The van der Waals surface area contributed by atoms with Gasteiger partial charge in [-0.3, -0.25) is 9.59 Å². The maximum Gasteiger partial charge on any atom is 0.309 e. The molecule has 6 heteroatoms. The van der Waals surface area contributed by atoms with Gasteiger partial charge in [0.1, 0.15) is 6.10 Å². The van der Waals surface area contributed by atoms with E-state index in [1.165, 1.54) is 7.11 Å². The number of methoxy groups -OCH3 is 1. The highest BCUT2D eigenvalue weighted by Gasteiger charge is 2.35. The first-order valence-electron chi connectivity index (χ1n) is 8.71. The van der Waals surface area contributed by atoms with Gasteiger partial charge in [0.25, 0.3) is 0 Å². The molecule has 1 aliphatic rings. The molecule has 4 nitrogen and oxygen atoms in total. The molecule has 2 unspecified atom stereocenters. The van der Waals surface area contributed by atoms with Crippen LogP contribution in [-0.2, 0) is 25.5 Å². The minimum Gasteiger partial charge on any atom is -0.469 e. The molecule has 0 aliphatic carbocycles. The number of benzene rings is 1. The number of aryl methyl sites for hydroxylation is 1. The van der Waals surface area contributed by atoms with Crippen LogP contribution in [0.15, 0.2) is 18.2 Å². The molecule has 25 heavy (non-hydrogen) atoms. The maximum atomic E-state index is 11.7. The third-order valence-corrected chi connectivity index (χ3v) is 5.13. The van der Waals surface area contributed by atoms with Crippen molar-refractivity contribution < 1.29 is 19.1 Å². The highest BCUT2D eigenvalue weighted by atomic mass is 35.5. The third kappa shape index (κ3) is 6.52. The van der Waals surface area contributed by atoms with Crippen LogP contribution in [0.3, 0.4) is 0 Å². The average molecular weight is 387 g/mol. The molecule has 0 aromatic heterocycles. The van der Waals surface area contributed by atoms with E-state index in [-0.39, 0.29) is 30.4 Å². The van der Waals surface area contributed by atoms with E-state index in [9.17, 15) is 9.59 Å². The van der Waals surface area contributed by atoms with Gasteiger partial charge in [-0.05, 0) is 49.8 Å². The van der Waals surface area contributed by atoms with Crippen molar-refractivity contribution in [1.29, 1.82) is 0 Å². The molecule has 1 saturated heterocycles. The van der Waals surface area contributed by atoms with E-state index in [1.54, 1.807) is 6.07 Å². The number of ether oxygens (including phenoxy) is 2. The van der Waals surface area contributed by atoms with Gasteiger partial charge in [-0.2, -0.15) is 0 Å². The Morgan fingerprint density at radius 1 is 1.24 bits per heavy atom. The van der Waals surface area contributed by atoms with Gasteiger partial charge in [0.2, 0.25) is 0 Å². The van der Waals surface area contributed by atoms with Crippen molar-refractivity contribution in [2.45, 2.75) is 57.5 Å². The number of esters is 2. The van der Waals surface area contributed by atoms with E-state index in [0.29, 0.717) is 11.4 Å². The van der Waals surface area contributed by atoms with Crippen LogP contribution in [0.4, 0.5) is 0 Å². The molecule has 0 bridgehead atoms. The Balaban J connectivity index is 1.59. The lowest BCUT2D eigenvalue weighted by atomic mass is 9.98. The first-order chi connectivity index (χ1) is 12.0. The summed E-state index contributed by atoms with van der Waals surface area (Å²) in [6.45, 7) is 0. The highest BCUT2D eigenvalue weighted by molar-refractivity contribution is 6.35. The van der Waals surface area contributed by atoms with Gasteiger partial charge >= 0.3 is 11.9 Å². The molecule has 1 aliphatic heterocycles. The fraction of sp³-hybridized carbons (Fsp3) is 0.579. The van der Waals surface area contributed by atoms with Crippen molar-refractivity contribution in [3.8, 4) is 0 Å². The lowest BCUT2D eigenvalue weighted by Crippen LogP contribution is -2.14. The minimum absolute atomic E-state index is 0.0622. The highest BCUT2D eigenvalue weighted by Crippen LogP contribution is 2.28. The summed E-state index contributed by atoms with van der Waals surface area (Å²) >= 11 is 12.1. The van der Waals surface area contributed by atoms with Crippen LogP contribution in [0.2, 0.25) is 10.0 Å². The maximum absolute atomic E-state index is 11.7. The van der Waals surface area contributed by atoms with E-state index in [4.69, 9.17) is 27.9 Å². The Morgan fingerprint density at radius 2 is 2.00 bits per heavy atom. The van der Waals surface area contributed by atoms with Gasteiger partial charge < -0.3 is 9.47 Å². The average Bonchev–Trinajstić information content (AvgIpc) is 2.92. The minimum atomic E-state index is -0.358. The van der Waals surface area contributed by atoms with Gasteiger partial charge in [0, 0.05) is 10.0 Å². The molecule has 1 heterocycles. The predicted molar refractivity (Wildman–Crippen MR) is 97.9 cm³/mol. The number of carbonyl (C=O) groups excluding carboxylic acids is 2. The summed E-state index contributed by atoms with van der Waals surface area (Å²) in [4.78, 5) is 23.0. The number of rotatable bonds is 9. The molecule has 2 atom stereocenters. The Morgan fingerprint density at radius 3 is 2.72 bits per heavy atom. The zero-order valence-electron chi connectivity index (χ0n) is 14.4. The van der Waals surface area contributed by atoms with E-state index < -0.39 is 0 Å². The monoisotopic (exact) mass is 386 g/mol. The Hall–Kier alpha value is -1.26. The van der Waals surface area contributed by atoms with Crippen molar-refractivity contribution in [1.82, 2.24) is 0 Å². The predicted octanol–water partition coefficient (Wildman–Crippen LogP) is 4.98. The normalized spacial score (nSPS) is 19.7. The summed E-state index contributed by atoms with van der Waals surface area (Å²) in [6, 6.07) is 5.61. The molecule has 0 saturated carbocycles. The fourth-order valence-corrected chi connectivity index (χ4v) is 3.62. The molecule has 0 radical (unpaired) electrons. The molecule has 1 aromatic rings. The topological polar surface area (TPSA) is 52.6 Å². The van der Waals surface area contributed by atoms with Gasteiger partial charge in [-0.1, -0.05) is 42.1 Å². The second-order valence-corrected chi connectivity index (χ2v) is 7.30. The van der Waals surface area contributed by atoms with Crippen LogP contribution in [0.1, 0.15) is 50.5 Å². The number of hydrogen-bond acceptors (Lipinski definition) is 4. The molecule has 1 fully saturated rings. The van der Waals surface area contributed by atoms with Crippen LogP contribution < -0.4 is 0 Å². The second-order valence-electron chi connectivity index (χ2n) is 6.46. The molecule has 0 amide bonds. The van der Waals surface area contributed by atoms with Crippen LogP contribution in [0.5, 0.6) is 0 Å². The fourth-order valence-electron chi connectivity index (χ4n) is 3.12. The van der Waals surface area contributed by atoms with E-state index in [1.807, 2.05) is 12.1 Å². The Kier molecular flexibility index (Phi) is 8.04. The second kappa shape index (κ2) is 10.0. The lowest BCUT2D eigenvalue weighted by molar-refractivity contribution is -0.149. The summed E-state index contributed by atoms with van der Waals surface area (Å²) in [5.74, 6) is -0.972. The summed E-state index contributed by atoms with van der Waals surface area (Å²) in [5.41, 5.74) is 1.13.